The number of thiazole rings is 1. The Morgan fingerprint density at radius 1 is 1.19 bits per heavy atom. The van der Waals surface area contributed by atoms with E-state index in [0.29, 0.717) is 6.42 Å². The first-order valence-corrected chi connectivity index (χ1v) is 9.76. The van der Waals surface area contributed by atoms with E-state index >= 15 is 0 Å². The zero-order chi connectivity index (χ0) is 19.0. The molecule has 1 N–H and O–H groups in total. The van der Waals surface area contributed by atoms with Crippen LogP contribution < -0.4 is 10.4 Å². The maximum Gasteiger partial charge on any atom is 0.326 e. The van der Waals surface area contributed by atoms with Crippen LogP contribution >= 0.6 is 11.3 Å². The SMILES string of the molecule is COc1ccccc1Cc1csc(-c2cccc3c2[nH]c(=O)n3C(C)C)n1. The van der Waals surface area contributed by atoms with Crippen LogP contribution in [-0.2, 0) is 6.42 Å². The van der Waals surface area contributed by atoms with Crippen molar-refractivity contribution in [2.24, 2.45) is 0 Å². The van der Waals surface area contributed by atoms with Crippen LogP contribution in [0.2, 0.25) is 0 Å². The lowest BCUT2D eigenvalue weighted by Crippen LogP contribution is -2.18. The smallest absolute Gasteiger partial charge is 0.326 e. The van der Waals surface area contributed by atoms with Crippen LogP contribution in [0.5, 0.6) is 5.75 Å². The summed E-state index contributed by atoms with van der Waals surface area (Å²) in [4.78, 5) is 20.2. The van der Waals surface area contributed by atoms with Gasteiger partial charge in [-0.3, -0.25) is 4.57 Å². The van der Waals surface area contributed by atoms with E-state index in [4.69, 9.17) is 9.72 Å². The predicted molar refractivity (Wildman–Crippen MR) is 110 cm³/mol. The van der Waals surface area contributed by atoms with Crippen molar-refractivity contribution < 1.29 is 4.74 Å². The Morgan fingerprint density at radius 3 is 2.78 bits per heavy atom. The van der Waals surface area contributed by atoms with Gasteiger partial charge in [-0.2, -0.15) is 0 Å². The molecular formula is C21H21N3O2S. The molecule has 138 valence electrons. The quantitative estimate of drug-likeness (QED) is 0.550. The number of hydrogen-bond acceptors (Lipinski definition) is 4. The number of aromatic nitrogens is 3. The largest absolute Gasteiger partial charge is 0.496 e. The Balaban J connectivity index is 1.74. The number of nitrogens with one attached hydrogen (secondary N) is 1. The number of ether oxygens (including phenoxy) is 1. The highest BCUT2D eigenvalue weighted by molar-refractivity contribution is 7.13. The summed E-state index contributed by atoms with van der Waals surface area (Å²) >= 11 is 1.59. The third-order valence-corrected chi connectivity index (χ3v) is 5.54. The number of hydrogen-bond donors (Lipinski definition) is 1. The molecule has 2 aromatic heterocycles. The van der Waals surface area contributed by atoms with Crippen molar-refractivity contribution in [2.75, 3.05) is 7.11 Å². The normalized spacial score (nSPS) is 11.4. The van der Waals surface area contributed by atoms with Gasteiger partial charge in [0.05, 0.1) is 23.8 Å². The molecule has 0 spiro atoms. The Bertz CT molecular complexity index is 1150. The minimum absolute atomic E-state index is 0.0850. The minimum atomic E-state index is -0.0850. The van der Waals surface area contributed by atoms with E-state index < -0.39 is 0 Å². The summed E-state index contributed by atoms with van der Waals surface area (Å²) in [6, 6.07) is 14.0. The molecule has 0 amide bonds. The lowest BCUT2D eigenvalue weighted by molar-refractivity contribution is 0.410. The molecule has 6 heteroatoms. The van der Waals surface area contributed by atoms with Crippen LogP contribution in [0.1, 0.15) is 31.1 Å². The Kier molecular flexibility index (Phi) is 4.58. The van der Waals surface area contributed by atoms with E-state index in [2.05, 4.69) is 16.4 Å². The van der Waals surface area contributed by atoms with Gasteiger partial charge in [-0.25, -0.2) is 9.78 Å². The van der Waals surface area contributed by atoms with Crippen LogP contribution in [0.4, 0.5) is 0 Å². The van der Waals surface area contributed by atoms with Gasteiger partial charge in [0, 0.05) is 29.0 Å². The highest BCUT2D eigenvalue weighted by atomic mass is 32.1. The first kappa shape index (κ1) is 17.5. The lowest BCUT2D eigenvalue weighted by atomic mass is 10.1. The predicted octanol–water partition coefficient (Wildman–Crippen LogP) is 4.63. The van der Waals surface area contributed by atoms with Crippen molar-refractivity contribution in [3.8, 4) is 16.3 Å². The molecule has 0 atom stereocenters. The molecule has 0 bridgehead atoms. The van der Waals surface area contributed by atoms with Crippen molar-refractivity contribution in [1.29, 1.82) is 0 Å². The number of methoxy groups -OCH3 is 1. The number of nitrogens with zero attached hydrogens (tertiary/aromatic N) is 2. The summed E-state index contributed by atoms with van der Waals surface area (Å²) in [6.07, 6.45) is 0.708. The molecule has 2 heterocycles. The van der Waals surface area contributed by atoms with Crippen molar-refractivity contribution in [3.05, 3.63) is 69.6 Å². The van der Waals surface area contributed by atoms with Crippen LogP contribution in [0.3, 0.4) is 0 Å². The summed E-state index contributed by atoms with van der Waals surface area (Å²) in [6.45, 7) is 4.02. The number of rotatable bonds is 5. The standard InChI is InChI=1S/C21H21N3O2S/c1-13(2)24-17-9-6-8-16(19(17)23-21(24)25)20-22-15(12-27-20)11-14-7-4-5-10-18(14)26-3/h4-10,12-13H,11H2,1-3H3,(H,23,25). The fourth-order valence-electron chi connectivity index (χ4n) is 3.40. The fraction of sp³-hybridized carbons (Fsp3) is 0.238. The Morgan fingerprint density at radius 2 is 2.00 bits per heavy atom. The second-order valence-corrected chi connectivity index (χ2v) is 7.58. The summed E-state index contributed by atoms with van der Waals surface area (Å²) in [5, 5.41) is 2.97. The van der Waals surface area contributed by atoms with Gasteiger partial charge in [0.2, 0.25) is 0 Å². The average molecular weight is 379 g/mol. The Labute approximate surface area is 161 Å². The van der Waals surface area contributed by atoms with Gasteiger partial charge in [-0.05, 0) is 32.0 Å². The van der Waals surface area contributed by atoms with Crippen LogP contribution in [-0.4, -0.2) is 21.6 Å². The molecule has 0 aliphatic carbocycles. The minimum Gasteiger partial charge on any atom is -0.496 e. The Hall–Kier alpha value is -2.86. The molecule has 5 nitrogen and oxygen atoms in total. The van der Waals surface area contributed by atoms with Crippen molar-refractivity contribution >= 4 is 22.4 Å². The third-order valence-electron chi connectivity index (χ3n) is 4.62. The first-order valence-electron chi connectivity index (χ1n) is 8.88. The summed E-state index contributed by atoms with van der Waals surface area (Å²) < 4.78 is 7.22. The van der Waals surface area contributed by atoms with Crippen LogP contribution in [0, 0.1) is 0 Å². The topological polar surface area (TPSA) is 59.9 Å². The second-order valence-electron chi connectivity index (χ2n) is 6.73. The van der Waals surface area contributed by atoms with Gasteiger partial charge >= 0.3 is 5.69 Å². The van der Waals surface area contributed by atoms with Crippen LogP contribution in [0.15, 0.2) is 52.6 Å². The zero-order valence-electron chi connectivity index (χ0n) is 15.5. The van der Waals surface area contributed by atoms with E-state index in [0.717, 1.165) is 38.6 Å². The van der Waals surface area contributed by atoms with Gasteiger partial charge in [-0.1, -0.05) is 24.3 Å². The van der Waals surface area contributed by atoms with Crippen molar-refractivity contribution in [2.45, 2.75) is 26.3 Å². The third kappa shape index (κ3) is 3.17. The molecule has 4 aromatic rings. The number of H-pyrrole nitrogens is 1. The average Bonchev–Trinajstić information content (AvgIpc) is 3.25. The molecule has 27 heavy (non-hydrogen) atoms. The fourth-order valence-corrected chi connectivity index (χ4v) is 4.25. The maximum atomic E-state index is 12.4. The van der Waals surface area contributed by atoms with Gasteiger partial charge in [0.1, 0.15) is 10.8 Å². The van der Waals surface area contributed by atoms with Gasteiger partial charge in [-0.15, -0.1) is 11.3 Å². The van der Waals surface area contributed by atoms with E-state index in [9.17, 15) is 4.79 Å². The number of aromatic amines is 1. The summed E-state index contributed by atoms with van der Waals surface area (Å²) in [7, 11) is 1.68. The summed E-state index contributed by atoms with van der Waals surface area (Å²) in [5.41, 5.74) is 4.72. The van der Waals surface area contributed by atoms with Gasteiger partial charge in [0.25, 0.3) is 0 Å². The molecule has 0 radical (unpaired) electrons. The number of imidazole rings is 1. The molecular weight excluding hydrogens is 358 g/mol. The maximum absolute atomic E-state index is 12.4. The monoisotopic (exact) mass is 379 g/mol. The molecule has 0 unspecified atom stereocenters. The van der Waals surface area contributed by atoms with E-state index in [1.54, 1.807) is 23.0 Å². The van der Waals surface area contributed by atoms with Crippen molar-refractivity contribution in [3.63, 3.8) is 0 Å². The van der Waals surface area contributed by atoms with Gasteiger partial charge in [0.15, 0.2) is 0 Å². The van der Waals surface area contributed by atoms with E-state index in [-0.39, 0.29) is 11.7 Å². The molecule has 2 aromatic carbocycles. The second kappa shape index (κ2) is 7.04. The molecule has 0 saturated carbocycles. The molecule has 0 fully saturated rings. The summed E-state index contributed by atoms with van der Waals surface area (Å²) in [5.74, 6) is 0.868. The van der Waals surface area contributed by atoms with Crippen molar-refractivity contribution in [1.82, 2.24) is 14.5 Å². The number of fused-ring (bicyclic) bond motifs is 1. The molecule has 0 saturated heterocycles. The first-order chi connectivity index (χ1) is 13.1. The van der Waals surface area contributed by atoms with E-state index in [1.165, 1.54) is 0 Å². The number of para-hydroxylation sites is 2. The molecule has 0 aliphatic rings. The highest BCUT2D eigenvalue weighted by Gasteiger charge is 2.15. The van der Waals surface area contributed by atoms with Crippen LogP contribution in [0.25, 0.3) is 21.6 Å². The molecule has 4 rings (SSSR count). The zero-order valence-corrected chi connectivity index (χ0v) is 16.3. The van der Waals surface area contributed by atoms with E-state index in [1.807, 2.05) is 50.2 Å². The molecule has 0 aliphatic heterocycles. The number of benzene rings is 2. The lowest BCUT2D eigenvalue weighted by Gasteiger charge is -2.07. The highest BCUT2D eigenvalue weighted by Crippen LogP contribution is 2.31. The van der Waals surface area contributed by atoms with Gasteiger partial charge < -0.3 is 9.72 Å².